The number of fused-ring (bicyclic) bond motifs is 3. The summed E-state index contributed by atoms with van der Waals surface area (Å²) in [5, 5.41) is 0. The van der Waals surface area contributed by atoms with Crippen LogP contribution in [0.5, 0.6) is 0 Å². The molecule has 1 saturated carbocycles. The van der Waals surface area contributed by atoms with Gasteiger partial charge in [-0.2, -0.15) is 0 Å². The summed E-state index contributed by atoms with van der Waals surface area (Å²) < 4.78 is 13.9. The molecular weight excluding hydrogens is 251 g/mol. The molecule has 1 aromatic carbocycles. The number of hydrogen-bond acceptors (Lipinski definition) is 2. The van der Waals surface area contributed by atoms with Crippen molar-refractivity contribution in [2.45, 2.75) is 38.1 Å². The Kier molecular flexibility index (Phi) is 4.37. The molecule has 3 aliphatic rings. The maximum atomic E-state index is 13.9. The largest absolute Gasteiger partial charge is 0.330 e. The summed E-state index contributed by atoms with van der Waals surface area (Å²) in [6, 6.07) is 7.90. The Morgan fingerprint density at radius 1 is 1.25 bits per heavy atom. The third kappa shape index (κ3) is 2.89. The normalized spacial score (nSPS) is 29.8. The highest BCUT2D eigenvalue weighted by molar-refractivity contribution is 5.18. The molecule has 2 saturated heterocycles. The van der Waals surface area contributed by atoms with E-state index < -0.39 is 0 Å². The van der Waals surface area contributed by atoms with E-state index in [4.69, 9.17) is 5.73 Å². The molecular formula is C17H25FN2. The zero-order valence-electron chi connectivity index (χ0n) is 12.1. The summed E-state index contributed by atoms with van der Waals surface area (Å²) in [5.74, 6) is 1.40. The SMILES string of the molecule is NCCCN1C[C@H]2CC[C@@H]1[C@@H](Cc1ccccc1F)C2. The van der Waals surface area contributed by atoms with E-state index in [9.17, 15) is 4.39 Å². The summed E-state index contributed by atoms with van der Waals surface area (Å²) in [5.41, 5.74) is 6.54. The van der Waals surface area contributed by atoms with Crippen LogP contribution in [0, 0.1) is 17.7 Å². The van der Waals surface area contributed by atoms with Gasteiger partial charge in [0.25, 0.3) is 0 Å². The Labute approximate surface area is 121 Å². The molecule has 0 unspecified atom stereocenters. The van der Waals surface area contributed by atoms with Crippen LogP contribution in [0.25, 0.3) is 0 Å². The van der Waals surface area contributed by atoms with Crippen molar-refractivity contribution in [2.75, 3.05) is 19.6 Å². The van der Waals surface area contributed by atoms with E-state index >= 15 is 0 Å². The predicted molar refractivity (Wildman–Crippen MR) is 80.0 cm³/mol. The Morgan fingerprint density at radius 3 is 2.85 bits per heavy atom. The van der Waals surface area contributed by atoms with Gasteiger partial charge >= 0.3 is 0 Å². The molecule has 0 radical (unpaired) electrons. The molecule has 2 heterocycles. The molecule has 0 spiro atoms. The summed E-state index contributed by atoms with van der Waals surface area (Å²) in [7, 11) is 0. The quantitative estimate of drug-likeness (QED) is 0.896. The van der Waals surface area contributed by atoms with E-state index in [0.29, 0.717) is 12.0 Å². The van der Waals surface area contributed by atoms with Crippen LogP contribution in [0.4, 0.5) is 4.39 Å². The Morgan fingerprint density at radius 2 is 2.10 bits per heavy atom. The van der Waals surface area contributed by atoms with E-state index in [1.54, 1.807) is 12.1 Å². The maximum Gasteiger partial charge on any atom is 0.126 e. The number of halogens is 1. The summed E-state index contributed by atoms with van der Waals surface area (Å²) in [4.78, 5) is 2.62. The third-order valence-corrected chi connectivity index (χ3v) is 5.10. The molecule has 3 fully saturated rings. The van der Waals surface area contributed by atoms with Gasteiger partial charge in [0.05, 0.1) is 0 Å². The van der Waals surface area contributed by atoms with Crippen LogP contribution < -0.4 is 5.73 Å². The van der Waals surface area contributed by atoms with Crippen LogP contribution >= 0.6 is 0 Å². The van der Waals surface area contributed by atoms with E-state index in [1.165, 1.54) is 25.8 Å². The average Bonchev–Trinajstić information content (AvgIpc) is 2.48. The molecule has 3 heteroatoms. The van der Waals surface area contributed by atoms with Gasteiger partial charge in [0.15, 0.2) is 0 Å². The molecule has 3 atom stereocenters. The van der Waals surface area contributed by atoms with Crippen LogP contribution in [-0.2, 0) is 6.42 Å². The van der Waals surface area contributed by atoms with Crippen molar-refractivity contribution in [3.63, 3.8) is 0 Å². The second-order valence-corrected chi connectivity index (χ2v) is 6.44. The molecule has 2 bridgehead atoms. The molecule has 0 aromatic heterocycles. The molecule has 4 rings (SSSR count). The molecule has 20 heavy (non-hydrogen) atoms. The Balaban J connectivity index is 1.69. The highest BCUT2D eigenvalue weighted by atomic mass is 19.1. The molecule has 1 aliphatic carbocycles. The first-order valence-electron chi connectivity index (χ1n) is 7.95. The zero-order chi connectivity index (χ0) is 13.9. The van der Waals surface area contributed by atoms with Gasteiger partial charge in [-0.1, -0.05) is 18.2 Å². The monoisotopic (exact) mass is 276 g/mol. The van der Waals surface area contributed by atoms with Crippen LogP contribution in [0.2, 0.25) is 0 Å². The highest BCUT2D eigenvalue weighted by Gasteiger charge is 2.40. The summed E-state index contributed by atoms with van der Waals surface area (Å²) in [6.07, 6.45) is 5.90. The third-order valence-electron chi connectivity index (χ3n) is 5.10. The van der Waals surface area contributed by atoms with Gasteiger partial charge in [-0.05, 0) is 68.7 Å². The molecule has 2 N–H and O–H groups in total. The number of benzene rings is 1. The molecule has 0 amide bonds. The second-order valence-electron chi connectivity index (χ2n) is 6.44. The topological polar surface area (TPSA) is 29.3 Å². The van der Waals surface area contributed by atoms with E-state index in [-0.39, 0.29) is 5.82 Å². The van der Waals surface area contributed by atoms with Crippen LogP contribution in [0.15, 0.2) is 24.3 Å². The Bertz CT molecular complexity index is 448. The maximum absolute atomic E-state index is 13.9. The minimum Gasteiger partial charge on any atom is -0.330 e. The number of hydrogen-bond donors (Lipinski definition) is 1. The van der Waals surface area contributed by atoms with Crippen LogP contribution in [0.3, 0.4) is 0 Å². The first kappa shape index (κ1) is 14.0. The van der Waals surface area contributed by atoms with Crippen molar-refractivity contribution in [2.24, 2.45) is 17.6 Å². The van der Waals surface area contributed by atoms with Gasteiger partial charge in [0.2, 0.25) is 0 Å². The van der Waals surface area contributed by atoms with Crippen molar-refractivity contribution in [1.29, 1.82) is 0 Å². The smallest absolute Gasteiger partial charge is 0.126 e. The summed E-state index contributed by atoms with van der Waals surface area (Å²) >= 11 is 0. The lowest BCUT2D eigenvalue weighted by Crippen LogP contribution is -2.54. The van der Waals surface area contributed by atoms with Gasteiger partial charge in [0.1, 0.15) is 5.82 Å². The van der Waals surface area contributed by atoms with Crippen molar-refractivity contribution in [1.82, 2.24) is 4.90 Å². The minimum atomic E-state index is -0.0394. The van der Waals surface area contributed by atoms with Gasteiger partial charge in [0, 0.05) is 12.6 Å². The minimum absolute atomic E-state index is 0.0394. The average molecular weight is 276 g/mol. The second kappa shape index (κ2) is 6.23. The molecule has 110 valence electrons. The standard InChI is InChI=1S/C17H25FN2/c18-16-5-2-1-4-14(16)11-15-10-13-6-7-17(15)20(12-13)9-3-8-19/h1-2,4-5,13,15,17H,3,6-12,19H2/t13-,15+,17+/m0/s1. The van der Waals surface area contributed by atoms with E-state index in [2.05, 4.69) is 4.90 Å². The van der Waals surface area contributed by atoms with Gasteiger partial charge in [-0.3, -0.25) is 4.90 Å². The lowest BCUT2D eigenvalue weighted by atomic mass is 9.70. The van der Waals surface area contributed by atoms with E-state index in [1.807, 2.05) is 12.1 Å². The summed E-state index contributed by atoms with van der Waals surface area (Å²) in [6.45, 7) is 3.12. The van der Waals surface area contributed by atoms with Gasteiger partial charge in [-0.25, -0.2) is 4.39 Å². The molecule has 2 nitrogen and oxygen atoms in total. The fourth-order valence-electron chi connectivity index (χ4n) is 4.18. The lowest BCUT2D eigenvalue weighted by molar-refractivity contribution is 0.000920. The van der Waals surface area contributed by atoms with Crippen molar-refractivity contribution in [3.05, 3.63) is 35.6 Å². The zero-order valence-corrected chi connectivity index (χ0v) is 12.1. The number of piperidine rings is 2. The highest BCUT2D eigenvalue weighted by Crippen LogP contribution is 2.40. The predicted octanol–water partition coefficient (Wildman–Crippen LogP) is 2.82. The molecule has 2 aliphatic heterocycles. The van der Waals surface area contributed by atoms with Gasteiger partial charge < -0.3 is 5.73 Å². The Hall–Kier alpha value is -0.930. The van der Waals surface area contributed by atoms with Crippen molar-refractivity contribution in [3.8, 4) is 0 Å². The fraction of sp³-hybridized carbons (Fsp3) is 0.647. The molecule has 1 aromatic rings. The van der Waals surface area contributed by atoms with Gasteiger partial charge in [-0.15, -0.1) is 0 Å². The lowest BCUT2D eigenvalue weighted by Gasteiger charge is -2.50. The van der Waals surface area contributed by atoms with Crippen molar-refractivity contribution < 1.29 is 4.39 Å². The number of nitrogens with zero attached hydrogens (tertiary/aromatic N) is 1. The fourth-order valence-corrected chi connectivity index (χ4v) is 4.18. The first-order chi connectivity index (χ1) is 9.78. The first-order valence-corrected chi connectivity index (χ1v) is 7.95. The number of nitrogens with two attached hydrogens (primary N) is 1. The van der Waals surface area contributed by atoms with Crippen LogP contribution in [0.1, 0.15) is 31.2 Å². The van der Waals surface area contributed by atoms with Crippen LogP contribution in [-0.4, -0.2) is 30.6 Å². The van der Waals surface area contributed by atoms with E-state index in [0.717, 1.165) is 37.4 Å². The van der Waals surface area contributed by atoms with Crippen molar-refractivity contribution >= 4 is 0 Å². The number of rotatable bonds is 5.